The van der Waals surface area contributed by atoms with E-state index in [1.165, 1.54) is 13.3 Å². The van der Waals surface area contributed by atoms with Gasteiger partial charge in [-0.25, -0.2) is 9.59 Å². The van der Waals surface area contributed by atoms with Gasteiger partial charge in [-0.2, -0.15) is 13.2 Å². The third-order valence-corrected chi connectivity index (χ3v) is 7.64. The van der Waals surface area contributed by atoms with Crippen LogP contribution in [0.25, 0.3) is 0 Å². The molecule has 10 N–H and O–H groups in total. The summed E-state index contributed by atoms with van der Waals surface area (Å²) in [6.45, 7) is 5.67. The predicted octanol–water partition coefficient (Wildman–Crippen LogP) is 2.20. The zero-order valence-corrected chi connectivity index (χ0v) is 29.2. The molecule has 2 rings (SSSR count). The summed E-state index contributed by atoms with van der Waals surface area (Å²) in [6, 6.07) is 6.50. The Morgan fingerprint density at radius 2 is 1.57 bits per heavy atom. The second-order valence-corrected chi connectivity index (χ2v) is 12.7. The Hall–Kier alpha value is -4.61. The summed E-state index contributed by atoms with van der Waals surface area (Å²) in [4.78, 5) is 64.2. The van der Waals surface area contributed by atoms with E-state index < -0.39 is 54.3 Å². The minimum absolute atomic E-state index is 0.0199. The van der Waals surface area contributed by atoms with Gasteiger partial charge in [0, 0.05) is 12.6 Å². The molecule has 1 aliphatic rings. The van der Waals surface area contributed by atoms with Crippen LogP contribution in [0.5, 0.6) is 0 Å². The molecule has 1 aromatic carbocycles. The SMILES string of the molecule is CC(C)C[C@H](NC(=O)[C@H](C)NC(=O)[C@H](CCCN=C(N)N)NC(=O)OCc1ccccc1)[C@@H](O)CC(=O)NC1CCCCC1.O=C(O)C(F)(F)F. The van der Waals surface area contributed by atoms with Gasteiger partial charge in [-0.1, -0.05) is 63.4 Å². The number of benzene rings is 1. The van der Waals surface area contributed by atoms with Gasteiger partial charge in [0.1, 0.15) is 18.7 Å². The molecule has 0 saturated heterocycles. The molecular weight excluding hydrogens is 679 g/mol. The summed E-state index contributed by atoms with van der Waals surface area (Å²) in [6.07, 6.45) is -0.941. The molecular formula is C33H52F3N7O8. The van der Waals surface area contributed by atoms with Gasteiger partial charge < -0.3 is 47.7 Å². The molecule has 0 spiro atoms. The first-order chi connectivity index (χ1) is 23.9. The molecule has 51 heavy (non-hydrogen) atoms. The summed E-state index contributed by atoms with van der Waals surface area (Å²) in [5.74, 6) is -4.09. The molecule has 0 unspecified atom stereocenters. The first-order valence-electron chi connectivity index (χ1n) is 16.8. The quantitative estimate of drug-likeness (QED) is 0.0659. The number of aliphatic hydroxyl groups is 1. The van der Waals surface area contributed by atoms with Crippen LogP contribution in [0.1, 0.15) is 84.1 Å². The van der Waals surface area contributed by atoms with Crippen LogP contribution in [-0.4, -0.2) is 88.9 Å². The summed E-state index contributed by atoms with van der Waals surface area (Å²) < 4.78 is 37.0. The van der Waals surface area contributed by atoms with Gasteiger partial charge >= 0.3 is 18.2 Å². The summed E-state index contributed by atoms with van der Waals surface area (Å²) in [5.41, 5.74) is 11.5. The molecule has 288 valence electrons. The number of aliphatic carboxylic acids is 1. The number of aliphatic imine (C=N–C) groups is 1. The van der Waals surface area contributed by atoms with Gasteiger partial charge in [-0.3, -0.25) is 19.4 Å². The van der Waals surface area contributed by atoms with Crippen molar-refractivity contribution in [2.75, 3.05) is 6.54 Å². The Morgan fingerprint density at radius 1 is 0.961 bits per heavy atom. The summed E-state index contributed by atoms with van der Waals surface area (Å²) in [5, 5.41) is 29.0. The lowest BCUT2D eigenvalue weighted by Gasteiger charge is -2.28. The fourth-order valence-corrected chi connectivity index (χ4v) is 5.05. The van der Waals surface area contributed by atoms with Gasteiger partial charge in [-0.15, -0.1) is 0 Å². The van der Waals surface area contributed by atoms with Crippen molar-refractivity contribution in [3.05, 3.63) is 35.9 Å². The van der Waals surface area contributed by atoms with Gasteiger partial charge in [0.15, 0.2) is 5.96 Å². The zero-order chi connectivity index (χ0) is 38.6. The van der Waals surface area contributed by atoms with Crippen LogP contribution < -0.4 is 32.7 Å². The second-order valence-electron chi connectivity index (χ2n) is 12.7. The second kappa shape index (κ2) is 23.0. The number of carbonyl (C=O) groups is 5. The molecule has 15 nitrogen and oxygen atoms in total. The Bertz CT molecular complexity index is 1270. The van der Waals surface area contributed by atoms with Crippen molar-refractivity contribution >= 4 is 35.7 Å². The fraction of sp³-hybridized carbons (Fsp3) is 0.636. The van der Waals surface area contributed by atoms with E-state index in [0.717, 1.165) is 31.2 Å². The Kier molecular flexibility index (Phi) is 20.0. The zero-order valence-electron chi connectivity index (χ0n) is 29.2. The molecule has 0 aliphatic heterocycles. The molecule has 4 atom stereocenters. The summed E-state index contributed by atoms with van der Waals surface area (Å²) >= 11 is 0. The number of hydrogen-bond acceptors (Lipinski definition) is 8. The van der Waals surface area contributed by atoms with E-state index in [0.29, 0.717) is 12.8 Å². The van der Waals surface area contributed by atoms with Crippen LogP contribution in [0.3, 0.4) is 0 Å². The topological polar surface area (TPSA) is 248 Å². The highest BCUT2D eigenvalue weighted by atomic mass is 19.4. The largest absolute Gasteiger partial charge is 0.490 e. The van der Waals surface area contributed by atoms with Crippen LogP contribution >= 0.6 is 0 Å². The number of rotatable bonds is 17. The van der Waals surface area contributed by atoms with E-state index in [2.05, 4.69) is 26.3 Å². The minimum atomic E-state index is -5.08. The maximum absolute atomic E-state index is 13.2. The first-order valence-corrected chi connectivity index (χ1v) is 16.8. The lowest BCUT2D eigenvalue weighted by atomic mass is 9.94. The van der Waals surface area contributed by atoms with Gasteiger partial charge in [0.2, 0.25) is 17.7 Å². The van der Waals surface area contributed by atoms with E-state index in [1.807, 2.05) is 32.0 Å². The molecule has 4 amide bonds. The number of carboxylic acids is 1. The van der Waals surface area contributed by atoms with Crippen LogP contribution in [0.15, 0.2) is 35.3 Å². The molecule has 0 heterocycles. The highest BCUT2D eigenvalue weighted by Gasteiger charge is 2.38. The number of nitrogens with one attached hydrogen (secondary N) is 4. The predicted molar refractivity (Wildman–Crippen MR) is 182 cm³/mol. The van der Waals surface area contributed by atoms with E-state index >= 15 is 0 Å². The molecule has 1 saturated carbocycles. The third kappa shape index (κ3) is 20.0. The number of nitrogens with zero attached hydrogens (tertiary/aromatic N) is 1. The molecule has 1 fully saturated rings. The summed E-state index contributed by atoms with van der Waals surface area (Å²) in [7, 11) is 0. The van der Waals surface area contributed by atoms with Crippen molar-refractivity contribution in [1.29, 1.82) is 0 Å². The van der Waals surface area contributed by atoms with Crippen molar-refractivity contribution in [3.8, 4) is 0 Å². The van der Waals surface area contributed by atoms with Crippen LogP contribution in [0, 0.1) is 5.92 Å². The standard InChI is InChI=1S/C31H51N7O6.C2HF3O2/c1-20(2)17-25(26(39)18-27(40)36-23-13-8-5-9-14-23)37-28(41)21(3)35-29(42)24(15-10-16-34-30(32)33)38-31(43)44-19-22-11-6-4-7-12-22;3-2(4,5)1(6)7/h4,6-7,11-12,20-21,23-26,39H,5,8-10,13-19H2,1-3H3,(H,35,42)(H,36,40)(H,37,41)(H,38,43)(H4,32,33,34);(H,6,7)/t21-,24-,25-,26-;/m0./s1. The van der Waals surface area contributed by atoms with E-state index in [9.17, 15) is 37.5 Å². The number of carboxylic acid groups (broad SMARTS) is 1. The van der Waals surface area contributed by atoms with Crippen LogP contribution in [0.4, 0.5) is 18.0 Å². The normalized spacial score (nSPS) is 15.5. The first kappa shape index (κ1) is 44.4. The Morgan fingerprint density at radius 3 is 2.12 bits per heavy atom. The van der Waals surface area contributed by atoms with Crippen molar-refractivity contribution in [2.45, 2.75) is 122 Å². The maximum atomic E-state index is 13.2. The number of amides is 4. The lowest BCUT2D eigenvalue weighted by molar-refractivity contribution is -0.192. The highest BCUT2D eigenvalue weighted by molar-refractivity contribution is 5.91. The average Bonchev–Trinajstić information content (AvgIpc) is 3.05. The lowest BCUT2D eigenvalue weighted by Crippen LogP contribution is -2.55. The van der Waals surface area contributed by atoms with Crippen molar-refractivity contribution in [1.82, 2.24) is 21.3 Å². The van der Waals surface area contributed by atoms with Crippen molar-refractivity contribution in [3.63, 3.8) is 0 Å². The number of alkyl carbamates (subject to hydrolysis) is 1. The van der Waals surface area contributed by atoms with Gasteiger partial charge in [0.05, 0.1) is 18.6 Å². The van der Waals surface area contributed by atoms with Crippen LogP contribution in [0.2, 0.25) is 0 Å². The number of aliphatic hydroxyl groups excluding tert-OH is 1. The van der Waals surface area contributed by atoms with Gasteiger partial charge in [0.25, 0.3) is 0 Å². The molecule has 1 aliphatic carbocycles. The number of hydrogen-bond donors (Lipinski definition) is 8. The molecule has 1 aromatic rings. The van der Waals surface area contributed by atoms with E-state index in [-0.39, 0.29) is 49.8 Å². The number of guanidine groups is 1. The molecule has 0 aromatic heterocycles. The Balaban J connectivity index is 0.00000167. The van der Waals surface area contributed by atoms with E-state index in [1.54, 1.807) is 12.1 Å². The fourth-order valence-electron chi connectivity index (χ4n) is 5.05. The van der Waals surface area contributed by atoms with Crippen LogP contribution in [-0.2, 0) is 30.5 Å². The van der Waals surface area contributed by atoms with E-state index in [4.69, 9.17) is 26.1 Å². The number of alkyl halides is 3. The number of carbonyl (C=O) groups excluding carboxylic acids is 4. The van der Waals surface area contributed by atoms with Crippen molar-refractivity contribution < 1.29 is 52.1 Å². The Labute approximate surface area is 295 Å². The number of nitrogens with two attached hydrogens (primary N) is 2. The average molecular weight is 732 g/mol. The monoisotopic (exact) mass is 731 g/mol. The smallest absolute Gasteiger partial charge is 0.475 e. The molecule has 0 radical (unpaired) electrons. The van der Waals surface area contributed by atoms with Gasteiger partial charge in [-0.05, 0) is 50.5 Å². The number of halogens is 3. The molecule has 0 bridgehead atoms. The van der Waals surface area contributed by atoms with Crippen molar-refractivity contribution in [2.24, 2.45) is 22.4 Å². The molecule has 18 heteroatoms. The minimum Gasteiger partial charge on any atom is -0.475 e. The highest BCUT2D eigenvalue weighted by Crippen LogP contribution is 2.18. The number of ether oxygens (including phenoxy) is 1. The maximum Gasteiger partial charge on any atom is 0.490 e. The third-order valence-electron chi connectivity index (χ3n) is 7.64.